The fourth-order valence-corrected chi connectivity index (χ4v) is 2.24. The molecule has 2 aromatic rings. The monoisotopic (exact) mass is 302 g/mol. The number of hydrogen-bond donors (Lipinski definition) is 1. The molecule has 1 aromatic carbocycles. The quantitative estimate of drug-likeness (QED) is 0.890. The number of carbonyl (C=O) groups is 1. The van der Waals surface area contributed by atoms with Gasteiger partial charge >= 0.3 is 0 Å². The zero-order chi connectivity index (χ0) is 15.9. The maximum atomic E-state index is 13.2. The highest BCUT2D eigenvalue weighted by molar-refractivity contribution is 5.76. The van der Waals surface area contributed by atoms with Crippen molar-refractivity contribution >= 4 is 5.91 Å². The van der Waals surface area contributed by atoms with Gasteiger partial charge in [-0.25, -0.2) is 4.39 Å². The van der Waals surface area contributed by atoms with Crippen LogP contribution < -0.4 is 10.9 Å². The molecule has 0 aliphatic carbocycles. The van der Waals surface area contributed by atoms with Gasteiger partial charge in [0.1, 0.15) is 5.82 Å². The summed E-state index contributed by atoms with van der Waals surface area (Å²) < 4.78 is 14.7. The van der Waals surface area contributed by atoms with E-state index in [2.05, 4.69) is 5.32 Å². The molecule has 0 fully saturated rings. The zero-order valence-corrected chi connectivity index (χ0v) is 12.5. The van der Waals surface area contributed by atoms with Crippen molar-refractivity contribution in [1.82, 2.24) is 9.88 Å². The Bertz CT molecular complexity index is 697. The van der Waals surface area contributed by atoms with E-state index in [1.165, 1.54) is 22.8 Å². The minimum Gasteiger partial charge on any atom is -0.354 e. The SMILES string of the molecule is CC(CC(=O)NCCn1ccccc1=O)c1cccc(F)c1. The van der Waals surface area contributed by atoms with E-state index in [0.29, 0.717) is 13.1 Å². The Labute approximate surface area is 128 Å². The Morgan fingerprint density at radius 1 is 1.27 bits per heavy atom. The third-order valence-electron chi connectivity index (χ3n) is 3.48. The minimum atomic E-state index is -0.298. The second kappa shape index (κ2) is 7.54. The first kappa shape index (κ1) is 15.9. The molecular weight excluding hydrogens is 283 g/mol. The number of aromatic nitrogens is 1. The number of benzene rings is 1. The van der Waals surface area contributed by atoms with Gasteiger partial charge in [0.05, 0.1) is 0 Å². The maximum absolute atomic E-state index is 13.2. The summed E-state index contributed by atoms with van der Waals surface area (Å²) in [5.74, 6) is -0.468. The molecule has 0 aliphatic rings. The molecule has 0 spiro atoms. The van der Waals surface area contributed by atoms with Crippen LogP contribution in [0.1, 0.15) is 24.8 Å². The zero-order valence-electron chi connectivity index (χ0n) is 12.5. The van der Waals surface area contributed by atoms with Crippen LogP contribution in [0.5, 0.6) is 0 Å². The molecule has 0 bridgehead atoms. The average Bonchev–Trinajstić information content (AvgIpc) is 2.49. The highest BCUT2D eigenvalue weighted by Gasteiger charge is 2.11. The lowest BCUT2D eigenvalue weighted by atomic mass is 9.97. The van der Waals surface area contributed by atoms with Crippen molar-refractivity contribution in [2.45, 2.75) is 25.8 Å². The molecule has 0 radical (unpaired) electrons. The Kier molecular flexibility index (Phi) is 5.47. The van der Waals surface area contributed by atoms with Crippen LogP contribution in [-0.4, -0.2) is 17.0 Å². The highest BCUT2D eigenvalue weighted by atomic mass is 19.1. The lowest BCUT2D eigenvalue weighted by Crippen LogP contribution is -2.30. The fraction of sp³-hybridized carbons (Fsp3) is 0.294. The van der Waals surface area contributed by atoms with Crippen molar-refractivity contribution in [2.24, 2.45) is 0 Å². The van der Waals surface area contributed by atoms with Gasteiger partial charge in [-0.3, -0.25) is 9.59 Å². The standard InChI is InChI=1S/C17H19FN2O2/c1-13(14-5-4-6-15(18)12-14)11-16(21)19-8-10-20-9-3-2-7-17(20)22/h2-7,9,12-13H,8,10-11H2,1H3,(H,19,21). The maximum Gasteiger partial charge on any atom is 0.250 e. The summed E-state index contributed by atoms with van der Waals surface area (Å²) in [7, 11) is 0. The third-order valence-corrected chi connectivity index (χ3v) is 3.48. The van der Waals surface area contributed by atoms with E-state index >= 15 is 0 Å². The van der Waals surface area contributed by atoms with E-state index in [1.54, 1.807) is 24.4 Å². The first-order chi connectivity index (χ1) is 10.6. The van der Waals surface area contributed by atoms with Crippen LogP contribution in [0.2, 0.25) is 0 Å². The van der Waals surface area contributed by atoms with Gasteiger partial charge in [0.2, 0.25) is 5.91 Å². The fourth-order valence-electron chi connectivity index (χ4n) is 2.24. The molecule has 1 N–H and O–H groups in total. The molecule has 2 rings (SSSR count). The van der Waals surface area contributed by atoms with Crippen LogP contribution in [0.4, 0.5) is 4.39 Å². The Hall–Kier alpha value is -2.43. The molecule has 4 nitrogen and oxygen atoms in total. The van der Waals surface area contributed by atoms with E-state index in [4.69, 9.17) is 0 Å². The number of amides is 1. The van der Waals surface area contributed by atoms with Gasteiger partial charge < -0.3 is 9.88 Å². The molecular formula is C17H19FN2O2. The first-order valence-corrected chi connectivity index (χ1v) is 7.24. The van der Waals surface area contributed by atoms with Gasteiger partial charge in [-0.1, -0.05) is 25.1 Å². The van der Waals surface area contributed by atoms with E-state index in [9.17, 15) is 14.0 Å². The predicted octanol–water partition coefficient (Wildman–Crippen LogP) is 2.30. The van der Waals surface area contributed by atoms with Gasteiger partial charge in [-0.15, -0.1) is 0 Å². The van der Waals surface area contributed by atoms with Crippen molar-refractivity contribution < 1.29 is 9.18 Å². The van der Waals surface area contributed by atoms with Crippen LogP contribution >= 0.6 is 0 Å². The van der Waals surface area contributed by atoms with Gasteiger partial charge in [0.15, 0.2) is 0 Å². The molecule has 1 unspecified atom stereocenters. The van der Waals surface area contributed by atoms with Crippen molar-refractivity contribution in [3.05, 3.63) is 70.4 Å². The van der Waals surface area contributed by atoms with E-state index in [-0.39, 0.29) is 29.6 Å². The molecule has 116 valence electrons. The van der Waals surface area contributed by atoms with E-state index in [0.717, 1.165) is 5.56 Å². The van der Waals surface area contributed by atoms with Crippen LogP contribution in [0.3, 0.4) is 0 Å². The summed E-state index contributed by atoms with van der Waals surface area (Å²) in [5.41, 5.74) is 0.708. The summed E-state index contributed by atoms with van der Waals surface area (Å²) in [6, 6.07) is 11.2. The molecule has 0 saturated carbocycles. The first-order valence-electron chi connectivity index (χ1n) is 7.24. The predicted molar refractivity (Wildman–Crippen MR) is 83.1 cm³/mol. The molecule has 1 heterocycles. The Morgan fingerprint density at radius 3 is 2.82 bits per heavy atom. The summed E-state index contributed by atoms with van der Waals surface area (Å²) in [6.07, 6.45) is 1.97. The van der Waals surface area contributed by atoms with Crippen LogP contribution in [0.25, 0.3) is 0 Å². The highest BCUT2D eigenvalue weighted by Crippen LogP contribution is 2.19. The number of hydrogen-bond acceptors (Lipinski definition) is 2. The number of nitrogens with one attached hydrogen (secondary N) is 1. The molecule has 1 atom stereocenters. The number of halogens is 1. The normalized spacial score (nSPS) is 11.9. The van der Waals surface area contributed by atoms with Crippen molar-refractivity contribution in [3.8, 4) is 0 Å². The summed E-state index contributed by atoms with van der Waals surface area (Å²) >= 11 is 0. The van der Waals surface area contributed by atoms with E-state index < -0.39 is 0 Å². The number of carbonyl (C=O) groups excluding carboxylic acids is 1. The summed E-state index contributed by atoms with van der Waals surface area (Å²) in [6.45, 7) is 2.70. The lowest BCUT2D eigenvalue weighted by Gasteiger charge is -2.12. The van der Waals surface area contributed by atoms with Crippen LogP contribution in [0.15, 0.2) is 53.5 Å². The molecule has 1 aromatic heterocycles. The van der Waals surface area contributed by atoms with Gasteiger partial charge in [0.25, 0.3) is 5.56 Å². The molecule has 5 heteroatoms. The topological polar surface area (TPSA) is 51.1 Å². The molecule has 22 heavy (non-hydrogen) atoms. The van der Waals surface area contributed by atoms with Crippen molar-refractivity contribution in [3.63, 3.8) is 0 Å². The molecule has 0 aliphatic heterocycles. The van der Waals surface area contributed by atoms with Crippen molar-refractivity contribution in [1.29, 1.82) is 0 Å². The smallest absolute Gasteiger partial charge is 0.250 e. The number of nitrogens with zero attached hydrogens (tertiary/aromatic N) is 1. The van der Waals surface area contributed by atoms with Gasteiger partial charge in [-0.05, 0) is 29.7 Å². The van der Waals surface area contributed by atoms with Crippen LogP contribution in [0, 0.1) is 5.82 Å². The minimum absolute atomic E-state index is 0.0600. The Balaban J connectivity index is 1.81. The molecule has 1 amide bonds. The largest absolute Gasteiger partial charge is 0.354 e. The second-order valence-electron chi connectivity index (χ2n) is 5.24. The Morgan fingerprint density at radius 2 is 2.09 bits per heavy atom. The van der Waals surface area contributed by atoms with Gasteiger partial charge in [0, 0.05) is 31.8 Å². The summed E-state index contributed by atoms with van der Waals surface area (Å²) in [5, 5.41) is 2.78. The van der Waals surface area contributed by atoms with Crippen LogP contribution in [-0.2, 0) is 11.3 Å². The van der Waals surface area contributed by atoms with Crippen molar-refractivity contribution in [2.75, 3.05) is 6.54 Å². The second-order valence-corrected chi connectivity index (χ2v) is 5.24. The third kappa shape index (κ3) is 4.55. The summed E-state index contributed by atoms with van der Waals surface area (Å²) in [4.78, 5) is 23.4. The number of pyridine rings is 1. The number of rotatable bonds is 6. The lowest BCUT2D eigenvalue weighted by molar-refractivity contribution is -0.121. The van der Waals surface area contributed by atoms with E-state index in [1.807, 2.05) is 13.0 Å². The average molecular weight is 302 g/mol. The van der Waals surface area contributed by atoms with Gasteiger partial charge in [-0.2, -0.15) is 0 Å². The molecule has 0 saturated heterocycles.